The molecule has 102 valence electrons. The molecule has 1 saturated heterocycles. The van der Waals surface area contributed by atoms with Crippen molar-refractivity contribution in [1.29, 1.82) is 0 Å². The summed E-state index contributed by atoms with van der Waals surface area (Å²) < 4.78 is 0. The molecule has 19 heavy (non-hydrogen) atoms. The zero-order valence-corrected chi connectivity index (χ0v) is 10.9. The first-order chi connectivity index (χ1) is 8.93. The van der Waals surface area contributed by atoms with Crippen LogP contribution in [0, 0.1) is 29.6 Å². The van der Waals surface area contributed by atoms with Crippen LogP contribution in [0.3, 0.4) is 0 Å². The van der Waals surface area contributed by atoms with Gasteiger partial charge in [-0.05, 0) is 24.2 Å². The van der Waals surface area contributed by atoms with Gasteiger partial charge < -0.3 is 5.11 Å². The minimum absolute atomic E-state index is 0.123. The minimum Gasteiger partial charge on any atom is -0.480 e. The maximum Gasteiger partial charge on any atom is 0.327 e. The lowest BCUT2D eigenvalue weighted by Crippen LogP contribution is -2.49. The van der Waals surface area contributed by atoms with Gasteiger partial charge in [-0.2, -0.15) is 0 Å². The number of fused-ring (bicyclic) bond motifs is 5. The van der Waals surface area contributed by atoms with Crippen molar-refractivity contribution in [2.24, 2.45) is 29.6 Å². The molecule has 0 radical (unpaired) electrons. The van der Waals surface area contributed by atoms with Crippen LogP contribution in [0.1, 0.15) is 20.3 Å². The van der Waals surface area contributed by atoms with Gasteiger partial charge in [0.15, 0.2) is 0 Å². The first kappa shape index (κ1) is 12.4. The first-order valence-corrected chi connectivity index (χ1v) is 6.71. The Hall–Kier alpha value is -1.65. The number of likely N-dealkylation sites (tertiary alicyclic amines) is 1. The number of allylic oxidation sites excluding steroid dienone is 2. The van der Waals surface area contributed by atoms with Gasteiger partial charge in [0.25, 0.3) is 0 Å². The Morgan fingerprint density at radius 2 is 1.68 bits per heavy atom. The number of carboxylic acid groups (broad SMARTS) is 1. The number of hydrogen-bond acceptors (Lipinski definition) is 3. The van der Waals surface area contributed by atoms with Gasteiger partial charge in [-0.1, -0.05) is 26.0 Å². The topological polar surface area (TPSA) is 74.7 Å². The van der Waals surface area contributed by atoms with E-state index in [0.29, 0.717) is 0 Å². The molecule has 2 aliphatic carbocycles. The lowest BCUT2D eigenvalue weighted by atomic mass is 9.85. The lowest BCUT2D eigenvalue weighted by molar-refractivity contribution is -0.157. The quantitative estimate of drug-likeness (QED) is 0.606. The van der Waals surface area contributed by atoms with Gasteiger partial charge in [0.1, 0.15) is 6.04 Å². The minimum atomic E-state index is -1.10. The fourth-order valence-electron chi connectivity index (χ4n) is 3.89. The van der Waals surface area contributed by atoms with E-state index >= 15 is 0 Å². The summed E-state index contributed by atoms with van der Waals surface area (Å²) in [5.74, 6) is -2.34. The van der Waals surface area contributed by atoms with Gasteiger partial charge in [-0.15, -0.1) is 0 Å². The third kappa shape index (κ3) is 1.50. The molecule has 1 aliphatic heterocycles. The molecule has 5 atom stereocenters. The highest BCUT2D eigenvalue weighted by atomic mass is 16.4. The van der Waals surface area contributed by atoms with Crippen molar-refractivity contribution in [3.05, 3.63) is 12.2 Å². The molecule has 5 heteroatoms. The second-order valence-corrected chi connectivity index (χ2v) is 6.07. The van der Waals surface area contributed by atoms with E-state index in [1.54, 1.807) is 13.8 Å². The highest BCUT2D eigenvalue weighted by molar-refractivity contribution is 6.08. The first-order valence-electron chi connectivity index (χ1n) is 6.71. The van der Waals surface area contributed by atoms with Crippen LogP contribution in [-0.4, -0.2) is 33.8 Å². The number of carbonyl (C=O) groups excluding carboxylic acids is 2. The molecule has 2 fully saturated rings. The van der Waals surface area contributed by atoms with E-state index in [1.165, 1.54) is 0 Å². The zero-order valence-electron chi connectivity index (χ0n) is 10.9. The molecule has 0 aromatic carbocycles. The highest BCUT2D eigenvalue weighted by Crippen LogP contribution is 2.53. The van der Waals surface area contributed by atoms with Crippen LogP contribution in [0.2, 0.25) is 0 Å². The number of imide groups is 1. The van der Waals surface area contributed by atoms with Gasteiger partial charge in [0.2, 0.25) is 11.8 Å². The van der Waals surface area contributed by atoms with Crippen molar-refractivity contribution in [3.63, 3.8) is 0 Å². The van der Waals surface area contributed by atoms with Crippen LogP contribution in [0.15, 0.2) is 12.2 Å². The molecule has 5 nitrogen and oxygen atoms in total. The summed E-state index contributed by atoms with van der Waals surface area (Å²) in [6, 6.07) is -1.04. The summed E-state index contributed by atoms with van der Waals surface area (Å²) in [5.41, 5.74) is 0. The monoisotopic (exact) mass is 263 g/mol. The largest absolute Gasteiger partial charge is 0.480 e. The molecular weight excluding hydrogens is 246 g/mol. The molecular formula is C14H17NO4. The Morgan fingerprint density at radius 3 is 2.05 bits per heavy atom. The van der Waals surface area contributed by atoms with E-state index in [-0.39, 0.29) is 41.4 Å². The number of rotatable bonds is 3. The maximum absolute atomic E-state index is 12.4. The molecule has 2 bridgehead atoms. The van der Waals surface area contributed by atoms with Gasteiger partial charge in [-0.3, -0.25) is 14.5 Å². The molecule has 2 amide bonds. The maximum atomic E-state index is 12.4. The highest BCUT2D eigenvalue weighted by Gasteiger charge is 2.61. The predicted octanol–water partition coefficient (Wildman–Crippen LogP) is 0.903. The molecule has 0 spiro atoms. The molecule has 3 rings (SSSR count). The summed E-state index contributed by atoms with van der Waals surface area (Å²) in [6.07, 6.45) is 4.87. The number of hydrogen-bond donors (Lipinski definition) is 1. The van der Waals surface area contributed by atoms with Crippen molar-refractivity contribution in [3.8, 4) is 0 Å². The average molecular weight is 263 g/mol. The summed E-state index contributed by atoms with van der Waals surface area (Å²) in [5, 5.41) is 9.29. The fraction of sp³-hybridized carbons (Fsp3) is 0.643. The van der Waals surface area contributed by atoms with Gasteiger partial charge in [0, 0.05) is 0 Å². The van der Waals surface area contributed by atoms with Crippen LogP contribution >= 0.6 is 0 Å². The second-order valence-electron chi connectivity index (χ2n) is 6.07. The Morgan fingerprint density at radius 1 is 1.21 bits per heavy atom. The molecule has 3 aliphatic rings. The van der Waals surface area contributed by atoms with Crippen molar-refractivity contribution in [1.82, 2.24) is 4.90 Å². The van der Waals surface area contributed by atoms with Crippen LogP contribution < -0.4 is 0 Å². The van der Waals surface area contributed by atoms with E-state index < -0.39 is 12.0 Å². The molecule has 1 heterocycles. The third-order valence-corrected chi connectivity index (χ3v) is 4.67. The number of nitrogens with zero attached hydrogens (tertiary/aromatic N) is 1. The zero-order chi connectivity index (χ0) is 13.9. The summed E-state index contributed by atoms with van der Waals surface area (Å²) in [7, 11) is 0. The van der Waals surface area contributed by atoms with Crippen molar-refractivity contribution < 1.29 is 19.5 Å². The van der Waals surface area contributed by atoms with Gasteiger partial charge in [-0.25, -0.2) is 4.79 Å². The van der Waals surface area contributed by atoms with E-state index in [4.69, 9.17) is 0 Å². The predicted molar refractivity (Wildman–Crippen MR) is 65.8 cm³/mol. The third-order valence-electron chi connectivity index (χ3n) is 4.67. The standard InChI is InChI=1S/C14H17NO4/c1-6(2)11(14(18)19)15-12(16)9-7-3-4-8(5-7)10(9)13(15)17/h3-4,6-11H,5H2,1-2H3,(H,18,19)/t7-,8-,9-,10-,11-/m0/s1. The van der Waals surface area contributed by atoms with Crippen molar-refractivity contribution in [2.75, 3.05) is 0 Å². The van der Waals surface area contributed by atoms with Gasteiger partial charge >= 0.3 is 5.97 Å². The Kier molecular flexibility index (Phi) is 2.56. The summed E-state index contributed by atoms with van der Waals surface area (Å²) in [6.45, 7) is 3.45. The molecule has 1 N–H and O–H groups in total. The average Bonchev–Trinajstić information content (AvgIpc) is 2.97. The Labute approximate surface area is 111 Å². The number of carbonyl (C=O) groups is 3. The van der Waals surface area contributed by atoms with Crippen molar-refractivity contribution in [2.45, 2.75) is 26.3 Å². The lowest BCUT2D eigenvalue weighted by Gasteiger charge is -2.27. The molecule has 1 saturated carbocycles. The fourth-order valence-corrected chi connectivity index (χ4v) is 3.89. The number of amides is 2. The van der Waals surface area contributed by atoms with E-state index in [0.717, 1.165) is 11.3 Å². The van der Waals surface area contributed by atoms with E-state index in [1.807, 2.05) is 12.2 Å². The molecule has 0 aromatic heterocycles. The van der Waals surface area contributed by atoms with Crippen LogP contribution in [-0.2, 0) is 14.4 Å². The number of carboxylic acids is 1. The molecule has 0 aromatic rings. The SMILES string of the molecule is CC(C)[C@@H](C(=O)O)N1C(=O)[C@@H]2[C@@H](C1=O)[C@H]1C=C[C@H]2C1. The van der Waals surface area contributed by atoms with E-state index in [2.05, 4.69) is 0 Å². The van der Waals surface area contributed by atoms with Crippen molar-refractivity contribution >= 4 is 17.8 Å². The Bertz CT molecular complexity index is 466. The number of aliphatic carboxylic acids is 1. The summed E-state index contributed by atoms with van der Waals surface area (Å²) >= 11 is 0. The smallest absolute Gasteiger partial charge is 0.327 e. The Balaban J connectivity index is 1.96. The van der Waals surface area contributed by atoms with Crippen LogP contribution in [0.4, 0.5) is 0 Å². The normalized spacial score (nSPS) is 37.3. The van der Waals surface area contributed by atoms with Crippen LogP contribution in [0.25, 0.3) is 0 Å². The summed E-state index contributed by atoms with van der Waals surface area (Å²) in [4.78, 5) is 37.3. The molecule has 0 unspecified atom stereocenters. The second kappa shape index (κ2) is 3.92. The van der Waals surface area contributed by atoms with Gasteiger partial charge in [0.05, 0.1) is 11.8 Å². The van der Waals surface area contributed by atoms with Crippen LogP contribution in [0.5, 0.6) is 0 Å². The van der Waals surface area contributed by atoms with E-state index in [9.17, 15) is 19.5 Å².